The van der Waals surface area contributed by atoms with E-state index < -0.39 is 18.8 Å². The molecular weight excluding hydrogens is 650 g/mol. The molecule has 2 nitrogen and oxygen atoms in total. The Bertz CT molecular complexity index is 2260. The standard InChI is InChI=1S/C49H42NOP/c1-48(2,38-24-12-5-13-25-38)43-32-19-33-44(46(43)51)49(39-26-14-6-15-27-39)34-35-52(40-28-16-7-17-29-40)47(49)50-45-41(36-20-8-3-9-21-36)30-18-31-42(45)37-22-10-4-11-23-37/h3-33,51H,34-35H2,1-2H3. The SMILES string of the molecule is CC(C)(c1ccccc1)c1cccc(C2(c3ccccc3)CCP(c3ccccc3)C2=Nc2c(-c3ccccc3)cccc2-c2ccccc2)c1O. The quantitative estimate of drug-likeness (QED) is 0.158. The molecule has 1 heterocycles. The van der Waals surface area contributed by atoms with E-state index in [1.807, 2.05) is 6.07 Å². The second-order valence-electron chi connectivity index (χ2n) is 14.1. The van der Waals surface area contributed by atoms with Crippen LogP contribution in [-0.4, -0.2) is 16.7 Å². The van der Waals surface area contributed by atoms with Crippen molar-refractivity contribution in [3.63, 3.8) is 0 Å². The first-order valence-corrected chi connectivity index (χ1v) is 19.6. The van der Waals surface area contributed by atoms with Gasteiger partial charge in [-0.3, -0.25) is 4.99 Å². The molecule has 254 valence electrons. The van der Waals surface area contributed by atoms with Crippen molar-refractivity contribution in [1.82, 2.24) is 0 Å². The minimum Gasteiger partial charge on any atom is -0.507 e. The van der Waals surface area contributed by atoms with Gasteiger partial charge >= 0.3 is 0 Å². The summed E-state index contributed by atoms with van der Waals surface area (Å²) in [4.78, 5) is 6.00. The van der Waals surface area contributed by atoms with Crippen LogP contribution >= 0.6 is 7.92 Å². The molecule has 0 amide bonds. The Kier molecular flexibility index (Phi) is 9.18. The Hall–Kier alpha value is -5.56. The zero-order valence-electron chi connectivity index (χ0n) is 29.7. The molecule has 1 N–H and O–H groups in total. The van der Waals surface area contributed by atoms with Crippen molar-refractivity contribution < 1.29 is 5.11 Å². The van der Waals surface area contributed by atoms with E-state index in [4.69, 9.17) is 4.99 Å². The van der Waals surface area contributed by atoms with E-state index in [1.54, 1.807) is 0 Å². The molecule has 1 fully saturated rings. The van der Waals surface area contributed by atoms with Crippen molar-refractivity contribution in [3.8, 4) is 28.0 Å². The summed E-state index contributed by atoms with van der Waals surface area (Å²) in [6.07, 6.45) is 1.78. The van der Waals surface area contributed by atoms with Gasteiger partial charge < -0.3 is 5.11 Å². The van der Waals surface area contributed by atoms with Crippen LogP contribution in [-0.2, 0) is 10.8 Å². The topological polar surface area (TPSA) is 32.6 Å². The van der Waals surface area contributed by atoms with Crippen LogP contribution in [0.1, 0.15) is 42.5 Å². The van der Waals surface area contributed by atoms with Gasteiger partial charge in [0.2, 0.25) is 0 Å². The summed E-state index contributed by atoms with van der Waals surface area (Å²) in [7, 11) is -0.880. The molecule has 0 aromatic heterocycles. The summed E-state index contributed by atoms with van der Waals surface area (Å²) < 4.78 is 0. The van der Waals surface area contributed by atoms with Crippen molar-refractivity contribution in [2.45, 2.75) is 31.1 Å². The molecule has 1 aliphatic rings. The number of para-hydroxylation sites is 2. The van der Waals surface area contributed by atoms with Gasteiger partial charge in [0.1, 0.15) is 5.75 Å². The van der Waals surface area contributed by atoms with Crippen LogP contribution in [0.4, 0.5) is 5.69 Å². The Morgan fingerprint density at radius 2 is 1.06 bits per heavy atom. The van der Waals surface area contributed by atoms with Gasteiger partial charge in [0.05, 0.1) is 16.6 Å². The molecule has 52 heavy (non-hydrogen) atoms. The molecule has 1 aliphatic heterocycles. The monoisotopic (exact) mass is 691 g/mol. The highest BCUT2D eigenvalue weighted by Crippen LogP contribution is 2.61. The highest BCUT2D eigenvalue weighted by atomic mass is 31.1. The Morgan fingerprint density at radius 3 is 1.63 bits per heavy atom. The molecule has 0 spiro atoms. The number of phenolic OH excluding ortho intramolecular Hbond substituents is 1. The third kappa shape index (κ3) is 5.98. The van der Waals surface area contributed by atoms with Crippen LogP contribution in [0.2, 0.25) is 0 Å². The average Bonchev–Trinajstić information content (AvgIpc) is 3.59. The van der Waals surface area contributed by atoms with E-state index in [1.165, 1.54) is 5.30 Å². The fourth-order valence-corrected chi connectivity index (χ4v) is 10.9. The maximum Gasteiger partial charge on any atom is 0.124 e. The summed E-state index contributed by atoms with van der Waals surface area (Å²) in [6.45, 7) is 4.41. The summed E-state index contributed by atoms with van der Waals surface area (Å²) in [5, 5.41) is 14.0. The maximum absolute atomic E-state index is 12.7. The van der Waals surface area contributed by atoms with E-state index in [2.05, 4.69) is 196 Å². The van der Waals surface area contributed by atoms with Gasteiger partial charge in [-0.1, -0.05) is 202 Å². The average molecular weight is 692 g/mol. The molecule has 7 aromatic carbocycles. The zero-order chi connectivity index (χ0) is 35.5. The molecule has 8 rings (SSSR count). The number of hydrogen-bond donors (Lipinski definition) is 1. The summed E-state index contributed by atoms with van der Waals surface area (Å²) in [5.74, 6) is 0.345. The number of hydrogen-bond acceptors (Lipinski definition) is 2. The first-order valence-electron chi connectivity index (χ1n) is 18.1. The number of phenols is 1. The normalized spacial score (nSPS) is 18.0. The molecule has 7 aromatic rings. The minimum absolute atomic E-state index is 0.345. The minimum atomic E-state index is -0.880. The first kappa shape index (κ1) is 33.6. The predicted molar refractivity (Wildman–Crippen MR) is 221 cm³/mol. The number of nitrogens with zero attached hydrogens (tertiary/aromatic N) is 1. The lowest BCUT2D eigenvalue weighted by Crippen LogP contribution is -2.33. The van der Waals surface area contributed by atoms with Gasteiger partial charge in [0.15, 0.2) is 0 Å². The second-order valence-corrected chi connectivity index (χ2v) is 16.3. The fraction of sp³-hybridized carbons (Fsp3) is 0.122. The summed E-state index contributed by atoms with van der Waals surface area (Å²) in [6, 6.07) is 66.3. The summed E-state index contributed by atoms with van der Waals surface area (Å²) in [5.41, 5.74) is 9.55. The first-order chi connectivity index (χ1) is 25.5. The highest BCUT2D eigenvalue weighted by molar-refractivity contribution is 7.82. The molecule has 0 aliphatic carbocycles. The van der Waals surface area contributed by atoms with Crippen LogP contribution in [0, 0.1) is 0 Å². The molecule has 1 saturated heterocycles. The van der Waals surface area contributed by atoms with E-state index >= 15 is 0 Å². The third-order valence-corrected chi connectivity index (χ3v) is 13.4. The zero-order valence-corrected chi connectivity index (χ0v) is 30.5. The maximum atomic E-state index is 12.7. The van der Waals surface area contributed by atoms with Crippen molar-refractivity contribution in [2.75, 3.05) is 6.16 Å². The Labute approximate surface area is 309 Å². The third-order valence-electron chi connectivity index (χ3n) is 10.8. The van der Waals surface area contributed by atoms with E-state index in [-0.39, 0.29) is 0 Å². The Balaban J connectivity index is 1.46. The lowest BCUT2D eigenvalue weighted by molar-refractivity contribution is 0.438. The van der Waals surface area contributed by atoms with Crippen LogP contribution in [0.15, 0.2) is 193 Å². The van der Waals surface area contributed by atoms with Crippen molar-refractivity contribution in [3.05, 3.63) is 210 Å². The number of aliphatic imine (C=N–C) groups is 1. The number of rotatable bonds is 8. The van der Waals surface area contributed by atoms with Crippen molar-refractivity contribution >= 4 is 24.4 Å². The lowest BCUT2D eigenvalue weighted by atomic mass is 9.70. The highest BCUT2D eigenvalue weighted by Gasteiger charge is 2.50. The molecular formula is C49H42NOP. The molecule has 0 saturated carbocycles. The molecule has 2 atom stereocenters. The lowest BCUT2D eigenvalue weighted by Gasteiger charge is -2.36. The van der Waals surface area contributed by atoms with E-state index in [9.17, 15) is 5.11 Å². The number of benzene rings is 7. The van der Waals surface area contributed by atoms with Gasteiger partial charge in [-0.25, -0.2) is 0 Å². The van der Waals surface area contributed by atoms with Crippen molar-refractivity contribution in [2.24, 2.45) is 4.99 Å². The van der Waals surface area contributed by atoms with Crippen LogP contribution in [0.25, 0.3) is 22.3 Å². The summed E-state index contributed by atoms with van der Waals surface area (Å²) >= 11 is 0. The van der Waals surface area contributed by atoms with E-state index in [0.29, 0.717) is 5.75 Å². The molecule has 3 heteroatoms. The largest absolute Gasteiger partial charge is 0.507 e. The van der Waals surface area contributed by atoms with Crippen LogP contribution in [0.5, 0.6) is 5.75 Å². The van der Waals surface area contributed by atoms with Gasteiger partial charge in [0, 0.05) is 27.7 Å². The molecule has 0 bridgehead atoms. The van der Waals surface area contributed by atoms with Crippen LogP contribution in [0.3, 0.4) is 0 Å². The smallest absolute Gasteiger partial charge is 0.124 e. The fourth-order valence-electron chi connectivity index (χ4n) is 8.02. The molecule has 0 radical (unpaired) electrons. The Morgan fingerprint density at radius 1 is 0.558 bits per heavy atom. The van der Waals surface area contributed by atoms with Gasteiger partial charge in [0.25, 0.3) is 0 Å². The number of aromatic hydroxyl groups is 1. The van der Waals surface area contributed by atoms with E-state index in [0.717, 1.165) is 68.2 Å². The van der Waals surface area contributed by atoms with Crippen LogP contribution < -0.4 is 5.30 Å². The second kappa shape index (κ2) is 14.2. The van der Waals surface area contributed by atoms with Gasteiger partial charge in [-0.15, -0.1) is 0 Å². The molecule has 2 unspecified atom stereocenters. The predicted octanol–water partition coefficient (Wildman–Crippen LogP) is 12.3. The van der Waals surface area contributed by atoms with Crippen molar-refractivity contribution in [1.29, 1.82) is 0 Å². The van der Waals surface area contributed by atoms with Gasteiger partial charge in [-0.2, -0.15) is 0 Å². The van der Waals surface area contributed by atoms with Gasteiger partial charge in [-0.05, 0) is 48.1 Å².